The van der Waals surface area contributed by atoms with Gasteiger partial charge >= 0.3 is 5.69 Å². The number of nitrogens with one attached hydrogen (secondary N) is 2. The molecule has 0 aliphatic carbocycles. The largest absolute Gasteiger partial charge is 0.322 e. The molecule has 2 N–H and O–H groups in total. The standard InChI is InChI=1S/C17H17N5O3/c1-3-5-13-16(22(24)25)15(21-20-13)17(23)19-12-8-7-10(2)14-11(12)6-4-9-18-14/h4,6-9H,3,5H2,1-2H3,(H,19,23)(H,20,21). The third kappa shape index (κ3) is 3.06. The van der Waals surface area contributed by atoms with E-state index in [-0.39, 0.29) is 11.4 Å². The summed E-state index contributed by atoms with van der Waals surface area (Å²) in [5.41, 5.74) is 2.15. The normalized spacial score (nSPS) is 10.8. The van der Waals surface area contributed by atoms with Crippen molar-refractivity contribution in [1.29, 1.82) is 0 Å². The third-order valence-corrected chi connectivity index (χ3v) is 3.93. The van der Waals surface area contributed by atoms with E-state index in [0.29, 0.717) is 24.2 Å². The second-order valence-electron chi connectivity index (χ2n) is 5.69. The number of nitrogens with zero attached hydrogens (tertiary/aromatic N) is 3. The zero-order valence-corrected chi connectivity index (χ0v) is 13.9. The third-order valence-electron chi connectivity index (χ3n) is 3.93. The van der Waals surface area contributed by atoms with Gasteiger partial charge in [-0.3, -0.25) is 25.0 Å². The molecule has 25 heavy (non-hydrogen) atoms. The fourth-order valence-electron chi connectivity index (χ4n) is 2.76. The van der Waals surface area contributed by atoms with E-state index in [1.54, 1.807) is 18.3 Å². The molecular weight excluding hydrogens is 322 g/mol. The number of amides is 1. The number of anilines is 1. The van der Waals surface area contributed by atoms with Gasteiger partial charge in [0.05, 0.1) is 16.1 Å². The lowest BCUT2D eigenvalue weighted by Gasteiger charge is -2.09. The van der Waals surface area contributed by atoms with Crippen LogP contribution in [0.5, 0.6) is 0 Å². The number of hydrogen-bond acceptors (Lipinski definition) is 5. The number of H-pyrrole nitrogens is 1. The van der Waals surface area contributed by atoms with Crippen molar-refractivity contribution in [1.82, 2.24) is 15.2 Å². The molecule has 1 aromatic carbocycles. The first-order valence-corrected chi connectivity index (χ1v) is 7.90. The van der Waals surface area contributed by atoms with Gasteiger partial charge in [0.2, 0.25) is 5.69 Å². The summed E-state index contributed by atoms with van der Waals surface area (Å²) in [5, 5.41) is 21.3. The molecule has 8 nitrogen and oxygen atoms in total. The summed E-state index contributed by atoms with van der Waals surface area (Å²) in [7, 11) is 0. The number of pyridine rings is 1. The summed E-state index contributed by atoms with van der Waals surface area (Å²) in [6.07, 6.45) is 2.84. The maximum Gasteiger partial charge on any atom is 0.322 e. The molecule has 2 aromatic heterocycles. The van der Waals surface area contributed by atoms with E-state index >= 15 is 0 Å². The molecule has 0 atom stereocenters. The fraction of sp³-hybridized carbons (Fsp3) is 0.235. The number of nitro groups is 1. The number of rotatable bonds is 5. The lowest BCUT2D eigenvalue weighted by Crippen LogP contribution is -2.14. The highest BCUT2D eigenvalue weighted by Gasteiger charge is 2.29. The Labute approximate surface area is 143 Å². The quantitative estimate of drug-likeness (QED) is 0.546. The van der Waals surface area contributed by atoms with Gasteiger partial charge in [0.1, 0.15) is 5.69 Å². The molecule has 0 radical (unpaired) electrons. The molecule has 1 amide bonds. The highest BCUT2D eigenvalue weighted by Crippen LogP contribution is 2.27. The molecule has 3 aromatic rings. The summed E-state index contributed by atoms with van der Waals surface area (Å²) < 4.78 is 0. The molecular formula is C17H17N5O3. The first-order valence-electron chi connectivity index (χ1n) is 7.90. The summed E-state index contributed by atoms with van der Waals surface area (Å²) in [5.74, 6) is -0.626. The van der Waals surface area contributed by atoms with Gasteiger partial charge in [-0.2, -0.15) is 5.10 Å². The van der Waals surface area contributed by atoms with Crippen LogP contribution >= 0.6 is 0 Å². The zero-order chi connectivity index (χ0) is 18.0. The predicted molar refractivity (Wildman–Crippen MR) is 93.7 cm³/mol. The van der Waals surface area contributed by atoms with Gasteiger partial charge in [0.15, 0.2) is 0 Å². The number of fused-ring (bicyclic) bond motifs is 1. The summed E-state index contributed by atoms with van der Waals surface area (Å²) >= 11 is 0. The molecule has 128 valence electrons. The van der Waals surface area contributed by atoms with E-state index in [1.165, 1.54) is 0 Å². The molecule has 0 fully saturated rings. The Morgan fingerprint density at radius 3 is 2.88 bits per heavy atom. The number of carbonyl (C=O) groups excluding carboxylic acids is 1. The second kappa shape index (κ2) is 6.68. The molecule has 0 spiro atoms. The number of benzene rings is 1. The van der Waals surface area contributed by atoms with Crippen LogP contribution in [0.4, 0.5) is 11.4 Å². The van der Waals surface area contributed by atoms with Gasteiger partial charge in [-0.15, -0.1) is 0 Å². The van der Waals surface area contributed by atoms with Crippen LogP contribution in [0.1, 0.15) is 35.1 Å². The SMILES string of the molecule is CCCc1[nH]nc(C(=O)Nc2ccc(C)c3ncccc23)c1[N+](=O)[O-]. The van der Waals surface area contributed by atoms with Crippen LogP contribution in [0.3, 0.4) is 0 Å². The van der Waals surface area contributed by atoms with Crippen molar-refractivity contribution in [2.75, 3.05) is 5.32 Å². The maximum atomic E-state index is 12.6. The van der Waals surface area contributed by atoms with Crippen LogP contribution in [-0.2, 0) is 6.42 Å². The van der Waals surface area contributed by atoms with Gasteiger partial charge in [-0.25, -0.2) is 0 Å². The Morgan fingerprint density at radius 2 is 2.16 bits per heavy atom. The van der Waals surface area contributed by atoms with Crippen molar-refractivity contribution in [3.8, 4) is 0 Å². The van der Waals surface area contributed by atoms with Crippen molar-refractivity contribution in [3.63, 3.8) is 0 Å². The molecule has 0 bridgehead atoms. The number of aryl methyl sites for hydroxylation is 2. The van der Waals surface area contributed by atoms with E-state index in [2.05, 4.69) is 20.5 Å². The molecule has 0 aliphatic rings. The summed E-state index contributed by atoms with van der Waals surface area (Å²) in [6, 6.07) is 7.20. The van der Waals surface area contributed by atoms with Crippen molar-refractivity contribution in [2.24, 2.45) is 0 Å². The van der Waals surface area contributed by atoms with Crippen molar-refractivity contribution < 1.29 is 9.72 Å². The number of aromatic nitrogens is 3. The number of hydrogen-bond donors (Lipinski definition) is 2. The van der Waals surface area contributed by atoms with Gasteiger partial charge in [-0.1, -0.05) is 19.4 Å². The van der Waals surface area contributed by atoms with Crippen LogP contribution in [0.2, 0.25) is 0 Å². The highest BCUT2D eigenvalue weighted by atomic mass is 16.6. The highest BCUT2D eigenvalue weighted by molar-refractivity contribution is 6.10. The van der Waals surface area contributed by atoms with Gasteiger partial charge in [0, 0.05) is 11.6 Å². The minimum atomic E-state index is -0.626. The fourth-order valence-corrected chi connectivity index (χ4v) is 2.76. The van der Waals surface area contributed by atoms with E-state index < -0.39 is 10.8 Å². The number of carbonyl (C=O) groups is 1. The van der Waals surface area contributed by atoms with Crippen molar-refractivity contribution in [3.05, 3.63) is 57.5 Å². The first kappa shape index (κ1) is 16.6. The van der Waals surface area contributed by atoms with Crippen LogP contribution in [0.25, 0.3) is 10.9 Å². The van der Waals surface area contributed by atoms with Crippen molar-refractivity contribution >= 4 is 28.2 Å². The number of aromatic amines is 1. The van der Waals surface area contributed by atoms with Crippen LogP contribution in [0, 0.1) is 17.0 Å². The van der Waals surface area contributed by atoms with E-state index in [9.17, 15) is 14.9 Å². The average molecular weight is 339 g/mol. The molecule has 2 heterocycles. The lowest BCUT2D eigenvalue weighted by atomic mass is 10.1. The monoisotopic (exact) mass is 339 g/mol. The van der Waals surface area contributed by atoms with E-state index in [4.69, 9.17) is 0 Å². The topological polar surface area (TPSA) is 114 Å². The minimum absolute atomic E-state index is 0.217. The van der Waals surface area contributed by atoms with E-state index in [0.717, 1.165) is 16.5 Å². The maximum absolute atomic E-state index is 12.6. The Kier molecular flexibility index (Phi) is 4.42. The Hall–Kier alpha value is -3.29. The Morgan fingerprint density at radius 1 is 1.36 bits per heavy atom. The van der Waals surface area contributed by atoms with Crippen LogP contribution < -0.4 is 5.32 Å². The van der Waals surface area contributed by atoms with Crippen molar-refractivity contribution in [2.45, 2.75) is 26.7 Å². The summed E-state index contributed by atoms with van der Waals surface area (Å²) in [4.78, 5) is 27.7. The zero-order valence-electron chi connectivity index (χ0n) is 13.9. The van der Waals surface area contributed by atoms with Gasteiger partial charge in [0.25, 0.3) is 5.91 Å². The Bertz CT molecular complexity index is 964. The Balaban J connectivity index is 1.99. The molecule has 3 rings (SSSR count). The van der Waals surface area contributed by atoms with Crippen LogP contribution in [0.15, 0.2) is 30.5 Å². The molecule has 0 unspecified atom stereocenters. The van der Waals surface area contributed by atoms with Gasteiger partial charge < -0.3 is 5.32 Å². The minimum Gasteiger partial charge on any atom is -0.320 e. The molecule has 0 aliphatic heterocycles. The second-order valence-corrected chi connectivity index (χ2v) is 5.69. The van der Waals surface area contributed by atoms with Crippen LogP contribution in [-0.4, -0.2) is 26.0 Å². The molecule has 0 saturated carbocycles. The molecule has 0 saturated heterocycles. The summed E-state index contributed by atoms with van der Waals surface area (Å²) in [6.45, 7) is 3.83. The molecule has 8 heteroatoms. The smallest absolute Gasteiger partial charge is 0.320 e. The lowest BCUT2D eigenvalue weighted by molar-refractivity contribution is -0.385. The van der Waals surface area contributed by atoms with E-state index in [1.807, 2.05) is 26.0 Å². The predicted octanol–water partition coefficient (Wildman–Crippen LogP) is 3.38. The van der Waals surface area contributed by atoms with Gasteiger partial charge in [-0.05, 0) is 37.1 Å². The first-order chi connectivity index (χ1) is 12.0. The average Bonchev–Trinajstić information content (AvgIpc) is 3.02.